The van der Waals surface area contributed by atoms with Gasteiger partial charge in [-0.05, 0) is 18.2 Å². The van der Waals surface area contributed by atoms with Crippen molar-refractivity contribution in [1.82, 2.24) is 4.98 Å². The number of H-pyrrole nitrogens is 1. The van der Waals surface area contributed by atoms with Gasteiger partial charge in [0.05, 0.1) is 19.7 Å². The van der Waals surface area contributed by atoms with Gasteiger partial charge >= 0.3 is 0 Å². The molecule has 0 amide bonds. The third kappa shape index (κ3) is 1.13. The van der Waals surface area contributed by atoms with Crippen molar-refractivity contribution < 1.29 is 9.47 Å². The summed E-state index contributed by atoms with van der Waals surface area (Å²) in [6.07, 6.45) is 0. The van der Waals surface area contributed by atoms with Crippen LogP contribution in [0.15, 0.2) is 18.2 Å². The van der Waals surface area contributed by atoms with Crippen LogP contribution in [0.2, 0.25) is 0 Å². The molecule has 3 heteroatoms. The van der Waals surface area contributed by atoms with E-state index in [2.05, 4.69) is 11.1 Å². The van der Waals surface area contributed by atoms with E-state index in [9.17, 15) is 0 Å². The Labute approximate surface area is 76.3 Å². The lowest BCUT2D eigenvalue weighted by Gasteiger charge is -1.99. The maximum absolute atomic E-state index is 5.21. The minimum Gasteiger partial charge on any atom is -0.491 e. The predicted molar refractivity (Wildman–Crippen MR) is 50.2 cm³/mol. The highest BCUT2D eigenvalue weighted by Crippen LogP contribution is 2.34. The quantitative estimate of drug-likeness (QED) is 0.759. The Bertz CT molecular complexity index is 420. The van der Waals surface area contributed by atoms with Crippen LogP contribution in [-0.2, 0) is 0 Å². The van der Waals surface area contributed by atoms with Crippen LogP contribution in [0.1, 0.15) is 0 Å². The smallest absolute Gasteiger partial charge is 0.235 e. The Morgan fingerprint density at radius 2 is 2.15 bits per heavy atom. The summed E-state index contributed by atoms with van der Waals surface area (Å²) in [5.74, 6) is 1.38. The summed E-state index contributed by atoms with van der Waals surface area (Å²) in [5, 5.41) is 0.988. The van der Waals surface area contributed by atoms with Crippen LogP contribution in [-0.4, -0.2) is 19.2 Å². The zero-order valence-corrected chi connectivity index (χ0v) is 7.55. The maximum Gasteiger partial charge on any atom is 0.235 e. The lowest BCUT2D eigenvalue weighted by Crippen LogP contribution is -1.86. The van der Waals surface area contributed by atoms with Gasteiger partial charge in [-0.3, -0.25) is 0 Å². The molecule has 0 saturated heterocycles. The molecule has 0 aliphatic carbocycles. The largest absolute Gasteiger partial charge is 0.491 e. The Morgan fingerprint density at radius 3 is 2.85 bits per heavy atom. The first kappa shape index (κ1) is 7.98. The van der Waals surface area contributed by atoms with Gasteiger partial charge in [-0.15, -0.1) is 0 Å². The van der Waals surface area contributed by atoms with Crippen LogP contribution in [0, 0.1) is 6.07 Å². The summed E-state index contributed by atoms with van der Waals surface area (Å²) < 4.78 is 10.3. The topological polar surface area (TPSA) is 34.2 Å². The summed E-state index contributed by atoms with van der Waals surface area (Å²) in [4.78, 5) is 3.10. The van der Waals surface area contributed by atoms with Crippen molar-refractivity contribution in [2.45, 2.75) is 0 Å². The van der Waals surface area contributed by atoms with Gasteiger partial charge in [0, 0.05) is 5.39 Å². The first-order valence-corrected chi connectivity index (χ1v) is 3.96. The molecule has 1 aromatic carbocycles. The van der Waals surface area contributed by atoms with Crippen molar-refractivity contribution in [3.05, 3.63) is 24.3 Å². The average molecular weight is 176 g/mol. The number of nitrogens with one attached hydrogen (secondary N) is 1. The van der Waals surface area contributed by atoms with E-state index in [0.717, 1.165) is 16.7 Å². The molecule has 0 bridgehead atoms. The van der Waals surface area contributed by atoms with Gasteiger partial charge in [-0.25, -0.2) is 0 Å². The molecule has 0 spiro atoms. The molecule has 0 atom stereocenters. The zero-order valence-electron chi connectivity index (χ0n) is 7.55. The molecule has 0 aliphatic heterocycles. The van der Waals surface area contributed by atoms with E-state index >= 15 is 0 Å². The first-order chi connectivity index (χ1) is 6.36. The second kappa shape index (κ2) is 3.01. The van der Waals surface area contributed by atoms with Gasteiger partial charge in [-0.1, -0.05) is 6.07 Å². The standard InChI is InChI=1S/C10H10NO2/c1-12-9-7-5-3-4-6-8(7)11-10(9)13-2/h4-6,11H,1-2H3. The first-order valence-electron chi connectivity index (χ1n) is 3.96. The number of hydrogen-bond acceptors (Lipinski definition) is 2. The monoisotopic (exact) mass is 176 g/mol. The third-order valence-electron chi connectivity index (χ3n) is 1.97. The number of methoxy groups -OCH3 is 2. The van der Waals surface area contributed by atoms with Crippen LogP contribution in [0.4, 0.5) is 0 Å². The third-order valence-corrected chi connectivity index (χ3v) is 1.97. The second-order valence-electron chi connectivity index (χ2n) is 2.66. The van der Waals surface area contributed by atoms with Crippen molar-refractivity contribution in [1.29, 1.82) is 0 Å². The normalized spacial score (nSPS) is 10.3. The van der Waals surface area contributed by atoms with Crippen molar-refractivity contribution in [2.75, 3.05) is 14.2 Å². The van der Waals surface area contributed by atoms with Gasteiger partial charge < -0.3 is 14.5 Å². The summed E-state index contributed by atoms with van der Waals surface area (Å²) in [6, 6.07) is 8.64. The maximum atomic E-state index is 5.21. The van der Waals surface area contributed by atoms with E-state index in [1.807, 2.05) is 18.2 Å². The van der Waals surface area contributed by atoms with E-state index in [1.54, 1.807) is 14.2 Å². The molecule has 2 aromatic rings. The summed E-state index contributed by atoms with van der Waals surface area (Å²) >= 11 is 0. The lowest BCUT2D eigenvalue weighted by atomic mass is 10.2. The highest BCUT2D eigenvalue weighted by Gasteiger charge is 2.10. The second-order valence-corrected chi connectivity index (χ2v) is 2.66. The van der Waals surface area contributed by atoms with Crippen LogP contribution in [0.5, 0.6) is 11.6 Å². The SMILES string of the molecule is COc1[nH]c2cc[c]cc2c1OC. The molecule has 0 saturated carbocycles. The number of aromatic nitrogens is 1. The van der Waals surface area contributed by atoms with Crippen LogP contribution >= 0.6 is 0 Å². The van der Waals surface area contributed by atoms with E-state index in [4.69, 9.17) is 9.47 Å². The van der Waals surface area contributed by atoms with Crippen LogP contribution in [0.3, 0.4) is 0 Å². The Balaban J connectivity index is 2.73. The van der Waals surface area contributed by atoms with Gasteiger partial charge in [0.15, 0.2) is 5.75 Å². The molecule has 13 heavy (non-hydrogen) atoms. The highest BCUT2D eigenvalue weighted by atomic mass is 16.5. The summed E-state index contributed by atoms with van der Waals surface area (Å²) in [7, 11) is 3.23. The number of aromatic amines is 1. The molecule has 0 unspecified atom stereocenters. The zero-order chi connectivity index (χ0) is 9.26. The van der Waals surface area contributed by atoms with Gasteiger partial charge in [0.2, 0.25) is 5.88 Å². The van der Waals surface area contributed by atoms with Gasteiger partial charge in [0.1, 0.15) is 0 Å². The van der Waals surface area contributed by atoms with Crippen molar-refractivity contribution in [3.8, 4) is 11.6 Å². The molecule has 1 heterocycles. The highest BCUT2D eigenvalue weighted by molar-refractivity contribution is 5.88. The molecule has 1 radical (unpaired) electrons. The van der Waals surface area contributed by atoms with Crippen LogP contribution < -0.4 is 9.47 Å². The predicted octanol–water partition coefficient (Wildman–Crippen LogP) is 1.99. The lowest BCUT2D eigenvalue weighted by molar-refractivity contribution is 0.351. The van der Waals surface area contributed by atoms with E-state index in [-0.39, 0.29) is 0 Å². The average Bonchev–Trinajstić information content (AvgIpc) is 2.55. The molecule has 67 valence electrons. The van der Waals surface area contributed by atoms with Crippen molar-refractivity contribution >= 4 is 10.9 Å². The number of fused-ring (bicyclic) bond motifs is 1. The summed E-state index contributed by atoms with van der Waals surface area (Å²) in [5.41, 5.74) is 0.993. The van der Waals surface area contributed by atoms with Gasteiger partial charge in [-0.2, -0.15) is 0 Å². The van der Waals surface area contributed by atoms with E-state index in [1.165, 1.54) is 0 Å². The molecule has 3 nitrogen and oxygen atoms in total. The van der Waals surface area contributed by atoms with E-state index in [0.29, 0.717) is 5.88 Å². The van der Waals surface area contributed by atoms with E-state index < -0.39 is 0 Å². The molecule has 2 rings (SSSR count). The fourth-order valence-electron chi connectivity index (χ4n) is 1.38. The molecule has 1 aromatic heterocycles. The fourth-order valence-corrected chi connectivity index (χ4v) is 1.38. The minimum atomic E-state index is 0.650. The minimum absolute atomic E-state index is 0.650. The molecular weight excluding hydrogens is 166 g/mol. The summed E-state index contributed by atoms with van der Waals surface area (Å²) in [6.45, 7) is 0. The molecule has 0 fully saturated rings. The van der Waals surface area contributed by atoms with Gasteiger partial charge in [0.25, 0.3) is 0 Å². The Hall–Kier alpha value is -1.64. The Kier molecular flexibility index (Phi) is 1.85. The Morgan fingerprint density at radius 1 is 1.31 bits per heavy atom. The van der Waals surface area contributed by atoms with Crippen molar-refractivity contribution in [2.24, 2.45) is 0 Å². The molecular formula is C10H10NO2. The number of rotatable bonds is 2. The van der Waals surface area contributed by atoms with Crippen LogP contribution in [0.25, 0.3) is 10.9 Å². The molecule has 1 N–H and O–H groups in total. The fraction of sp³-hybridized carbons (Fsp3) is 0.200. The molecule has 0 aliphatic rings. The van der Waals surface area contributed by atoms with Crippen molar-refractivity contribution in [3.63, 3.8) is 0 Å². The number of hydrogen-bond donors (Lipinski definition) is 1. The number of ether oxygens (including phenoxy) is 2. The number of benzene rings is 1.